The van der Waals surface area contributed by atoms with Gasteiger partial charge >= 0.3 is 157 Å². The molecular weight excluding hydrogens is 403 g/mol. The minimum absolute atomic E-state index is 0.0438. The van der Waals surface area contributed by atoms with Crippen molar-refractivity contribution >= 4 is 19.4 Å². The average molecular weight is 422 g/mol. The number of hydrogen-bond acceptors (Lipinski definition) is 3. The second-order valence-corrected chi connectivity index (χ2v) is 8.56. The fourth-order valence-electron chi connectivity index (χ4n) is 2.88. The van der Waals surface area contributed by atoms with Crippen LogP contribution in [0.25, 0.3) is 0 Å². The number of benzene rings is 2. The van der Waals surface area contributed by atoms with Crippen molar-refractivity contribution in [2.24, 2.45) is 0 Å². The Morgan fingerprint density at radius 2 is 1.85 bits per heavy atom. The van der Waals surface area contributed by atoms with Crippen molar-refractivity contribution in [2.45, 2.75) is 31.3 Å². The third-order valence-corrected chi connectivity index (χ3v) is 6.49. The Balaban J connectivity index is 1.92. The van der Waals surface area contributed by atoms with Crippen molar-refractivity contribution in [3.05, 3.63) is 77.4 Å². The molecule has 3 rings (SSSR count). The van der Waals surface area contributed by atoms with Gasteiger partial charge in [0.2, 0.25) is 0 Å². The van der Waals surface area contributed by atoms with Crippen molar-refractivity contribution < 1.29 is 13.9 Å². The maximum absolute atomic E-state index is 14.4. The molecule has 0 amide bonds. The Morgan fingerprint density at radius 3 is 2.46 bits per heavy atom. The molecule has 0 aliphatic carbocycles. The summed E-state index contributed by atoms with van der Waals surface area (Å²) in [4.78, 5) is 3.87. The van der Waals surface area contributed by atoms with Crippen LogP contribution >= 0.6 is 0 Å². The third kappa shape index (κ3) is 4.36. The van der Waals surface area contributed by atoms with Crippen molar-refractivity contribution in [3.63, 3.8) is 0 Å². The number of hydrogen-bond donors (Lipinski definition) is 1. The molecule has 0 fully saturated rings. The van der Waals surface area contributed by atoms with E-state index in [2.05, 4.69) is 28.3 Å². The molecule has 0 saturated carbocycles. The number of aromatic nitrogens is 3. The molecule has 0 aliphatic rings. The number of nitrogens with zero attached hydrogens (tertiary/aromatic N) is 3. The van der Waals surface area contributed by atoms with Crippen LogP contribution in [-0.4, -0.2) is 34.8 Å². The van der Waals surface area contributed by atoms with Gasteiger partial charge in [-0.25, -0.2) is 0 Å². The summed E-state index contributed by atoms with van der Waals surface area (Å²) >= 11 is -0.104. The first kappa shape index (κ1) is 18.7. The SMILES string of the molecule is Cc1cc(C)cc([Se]CC(O)(Cn2cncn2)c2ccc(F)cc2F)c1. The topological polar surface area (TPSA) is 50.9 Å². The van der Waals surface area contributed by atoms with Crippen LogP contribution in [0.15, 0.2) is 49.1 Å². The van der Waals surface area contributed by atoms with E-state index >= 15 is 0 Å². The van der Waals surface area contributed by atoms with Crippen LogP contribution in [0.4, 0.5) is 8.78 Å². The Labute approximate surface area is 157 Å². The normalized spacial score (nSPS) is 13.6. The molecule has 1 unspecified atom stereocenters. The van der Waals surface area contributed by atoms with Crippen molar-refractivity contribution in [3.8, 4) is 0 Å². The minimum atomic E-state index is -1.51. The molecule has 1 heterocycles. The van der Waals surface area contributed by atoms with Gasteiger partial charge in [0.25, 0.3) is 0 Å². The summed E-state index contributed by atoms with van der Waals surface area (Å²) < 4.78 is 30.3. The van der Waals surface area contributed by atoms with Crippen molar-refractivity contribution in [1.29, 1.82) is 0 Å². The molecule has 0 spiro atoms. The molecular formula is C19H19F2N3OSe. The molecule has 0 saturated heterocycles. The van der Waals surface area contributed by atoms with Gasteiger partial charge in [-0.05, 0) is 0 Å². The van der Waals surface area contributed by atoms with E-state index in [1.165, 1.54) is 23.4 Å². The van der Waals surface area contributed by atoms with Gasteiger partial charge in [0, 0.05) is 0 Å². The second kappa shape index (κ2) is 7.66. The van der Waals surface area contributed by atoms with Gasteiger partial charge in [0.05, 0.1) is 0 Å². The Morgan fingerprint density at radius 1 is 1.12 bits per heavy atom. The quantitative estimate of drug-likeness (QED) is 0.622. The molecule has 136 valence electrons. The molecule has 0 bridgehead atoms. The predicted octanol–water partition coefficient (Wildman–Crippen LogP) is 2.51. The number of rotatable bonds is 6. The summed E-state index contributed by atoms with van der Waals surface area (Å²) in [6.07, 6.45) is 2.83. The Bertz CT molecular complexity index is 882. The van der Waals surface area contributed by atoms with Crippen LogP contribution in [0.2, 0.25) is 5.32 Å². The molecule has 3 aromatic rings. The first-order valence-electron chi connectivity index (χ1n) is 8.07. The van der Waals surface area contributed by atoms with Crippen LogP contribution in [0, 0.1) is 25.5 Å². The predicted molar refractivity (Wildman–Crippen MR) is 96.4 cm³/mol. The molecule has 1 N–H and O–H groups in total. The van der Waals surface area contributed by atoms with Crippen LogP contribution in [-0.2, 0) is 12.1 Å². The molecule has 2 aromatic carbocycles. The fraction of sp³-hybridized carbons (Fsp3) is 0.263. The molecule has 0 radical (unpaired) electrons. The van der Waals surface area contributed by atoms with Crippen molar-refractivity contribution in [1.82, 2.24) is 14.8 Å². The van der Waals surface area contributed by atoms with E-state index in [1.807, 2.05) is 13.8 Å². The summed E-state index contributed by atoms with van der Waals surface area (Å²) in [5, 5.41) is 15.6. The van der Waals surface area contributed by atoms with E-state index < -0.39 is 17.2 Å². The summed E-state index contributed by atoms with van der Waals surface area (Å²) in [5.41, 5.74) is 0.855. The van der Waals surface area contributed by atoms with Crippen LogP contribution in [0.1, 0.15) is 16.7 Å². The summed E-state index contributed by atoms with van der Waals surface area (Å²) in [6, 6.07) is 9.49. The Hall–Kier alpha value is -2.08. The number of aryl methyl sites for hydroxylation is 2. The van der Waals surface area contributed by atoms with E-state index in [-0.39, 0.29) is 27.1 Å². The monoisotopic (exact) mass is 423 g/mol. The molecule has 1 aromatic heterocycles. The van der Waals surface area contributed by atoms with E-state index in [9.17, 15) is 13.9 Å². The van der Waals surface area contributed by atoms with Gasteiger partial charge in [-0.3, -0.25) is 0 Å². The first-order valence-corrected chi connectivity index (χ1v) is 10.1. The summed E-state index contributed by atoms with van der Waals surface area (Å²) in [5.74, 6) is -1.43. The van der Waals surface area contributed by atoms with Gasteiger partial charge in [0.1, 0.15) is 0 Å². The van der Waals surface area contributed by atoms with E-state index in [4.69, 9.17) is 0 Å². The van der Waals surface area contributed by atoms with Crippen LogP contribution in [0.5, 0.6) is 0 Å². The van der Waals surface area contributed by atoms with Crippen LogP contribution < -0.4 is 4.46 Å². The molecule has 4 nitrogen and oxygen atoms in total. The van der Waals surface area contributed by atoms with Gasteiger partial charge in [-0.1, -0.05) is 0 Å². The number of aliphatic hydroxyl groups is 1. The fourth-order valence-corrected chi connectivity index (χ4v) is 5.37. The number of halogens is 2. The zero-order chi connectivity index (χ0) is 18.7. The standard InChI is InChI=1S/C19H19F2N3OSe/c1-13-5-14(2)7-16(6-13)26-10-19(25,9-24-12-22-11-23-24)17-4-3-15(20)8-18(17)21/h3-8,11-12,25H,9-10H2,1-2H3. The van der Waals surface area contributed by atoms with Gasteiger partial charge in [0.15, 0.2) is 0 Å². The van der Waals surface area contributed by atoms with E-state index in [1.54, 1.807) is 0 Å². The molecule has 1 atom stereocenters. The summed E-state index contributed by atoms with van der Waals surface area (Å²) in [6.45, 7) is 4.09. The molecule has 26 heavy (non-hydrogen) atoms. The van der Waals surface area contributed by atoms with Gasteiger partial charge in [-0.15, -0.1) is 0 Å². The van der Waals surface area contributed by atoms with Gasteiger partial charge < -0.3 is 0 Å². The van der Waals surface area contributed by atoms with E-state index in [0.29, 0.717) is 5.32 Å². The van der Waals surface area contributed by atoms with Crippen LogP contribution in [0.3, 0.4) is 0 Å². The molecule has 7 heteroatoms. The first-order chi connectivity index (χ1) is 12.4. The summed E-state index contributed by atoms with van der Waals surface area (Å²) in [7, 11) is 0. The Kier molecular flexibility index (Phi) is 5.51. The maximum atomic E-state index is 14.4. The molecule has 0 aliphatic heterocycles. The zero-order valence-corrected chi connectivity index (χ0v) is 16.2. The van der Waals surface area contributed by atoms with Gasteiger partial charge in [-0.2, -0.15) is 0 Å². The van der Waals surface area contributed by atoms with Crippen molar-refractivity contribution in [2.75, 3.05) is 0 Å². The average Bonchev–Trinajstić information content (AvgIpc) is 3.04. The second-order valence-electron chi connectivity index (χ2n) is 6.36. The van der Waals surface area contributed by atoms with E-state index in [0.717, 1.165) is 27.7 Å². The zero-order valence-electron chi connectivity index (χ0n) is 14.5. The third-order valence-electron chi connectivity index (χ3n) is 4.00.